The summed E-state index contributed by atoms with van der Waals surface area (Å²) in [6.45, 7) is 2.74. The van der Waals surface area contributed by atoms with Crippen LogP contribution < -0.4 is 5.32 Å². The predicted octanol–water partition coefficient (Wildman–Crippen LogP) is 1.83. The molecule has 1 aromatic rings. The number of hydrogen-bond donors (Lipinski definition) is 1. The number of imide groups is 1. The van der Waals surface area contributed by atoms with E-state index >= 15 is 0 Å². The normalized spacial score (nSPS) is 23.6. The van der Waals surface area contributed by atoms with E-state index in [4.69, 9.17) is 0 Å². The summed E-state index contributed by atoms with van der Waals surface area (Å²) in [6.07, 6.45) is 3.29. The molecule has 20 heavy (non-hydrogen) atoms. The minimum atomic E-state index is -0.244. The van der Waals surface area contributed by atoms with Crippen LogP contribution >= 0.6 is 11.3 Å². The molecule has 3 rings (SSSR count). The van der Waals surface area contributed by atoms with Crippen molar-refractivity contribution >= 4 is 23.3 Å². The molecule has 3 amide bonds. The van der Waals surface area contributed by atoms with E-state index in [2.05, 4.69) is 27.7 Å². The number of nitrogens with zero attached hydrogens (tertiary/aromatic N) is 2. The number of likely N-dealkylation sites (tertiary alicyclic amines) is 1. The molecule has 6 heteroatoms. The van der Waals surface area contributed by atoms with Crippen molar-refractivity contribution in [3.8, 4) is 0 Å². The summed E-state index contributed by atoms with van der Waals surface area (Å²) < 4.78 is 0. The lowest BCUT2D eigenvalue weighted by Crippen LogP contribution is -2.34. The summed E-state index contributed by atoms with van der Waals surface area (Å²) in [6, 6.07) is 4.58. The van der Waals surface area contributed by atoms with Crippen LogP contribution in [0.1, 0.15) is 30.2 Å². The van der Waals surface area contributed by atoms with Gasteiger partial charge in [-0.1, -0.05) is 6.07 Å². The molecule has 3 heterocycles. The van der Waals surface area contributed by atoms with Crippen LogP contribution in [-0.4, -0.2) is 47.9 Å². The van der Waals surface area contributed by atoms with E-state index in [1.165, 1.54) is 22.6 Å². The van der Waals surface area contributed by atoms with Crippen molar-refractivity contribution in [2.24, 2.45) is 0 Å². The first-order valence-electron chi connectivity index (χ1n) is 7.11. The summed E-state index contributed by atoms with van der Waals surface area (Å²) in [5.74, 6) is -0.105. The second kappa shape index (κ2) is 5.93. The molecule has 5 nitrogen and oxygen atoms in total. The van der Waals surface area contributed by atoms with E-state index in [1.54, 1.807) is 0 Å². The highest BCUT2D eigenvalue weighted by Crippen LogP contribution is 2.34. The number of amides is 3. The second-order valence-electron chi connectivity index (χ2n) is 5.27. The van der Waals surface area contributed by atoms with Crippen molar-refractivity contribution in [3.63, 3.8) is 0 Å². The highest BCUT2D eigenvalue weighted by atomic mass is 32.1. The van der Waals surface area contributed by atoms with Crippen LogP contribution in [0.15, 0.2) is 17.5 Å². The zero-order chi connectivity index (χ0) is 13.9. The Morgan fingerprint density at radius 2 is 2.25 bits per heavy atom. The number of thiophene rings is 1. The van der Waals surface area contributed by atoms with Gasteiger partial charge in [0.2, 0.25) is 5.91 Å². The maximum Gasteiger partial charge on any atom is 0.324 e. The third-order valence-corrected chi connectivity index (χ3v) is 4.97. The first kappa shape index (κ1) is 13.6. The first-order chi connectivity index (χ1) is 9.75. The SMILES string of the molecule is O=C1CNC(=O)N1CCCN1CCC[C@@H]1c1cccs1. The Balaban J connectivity index is 1.51. The van der Waals surface area contributed by atoms with Gasteiger partial charge in [-0.05, 0) is 37.3 Å². The molecule has 1 atom stereocenters. The maximum atomic E-state index is 11.5. The van der Waals surface area contributed by atoms with Crippen LogP contribution in [0.25, 0.3) is 0 Å². The molecule has 0 radical (unpaired) electrons. The molecule has 2 saturated heterocycles. The van der Waals surface area contributed by atoms with Gasteiger partial charge in [-0.25, -0.2) is 4.79 Å². The summed E-state index contributed by atoms with van der Waals surface area (Å²) in [4.78, 5) is 28.2. The molecular weight excluding hydrogens is 274 g/mol. The van der Waals surface area contributed by atoms with Crippen LogP contribution in [0, 0.1) is 0 Å². The molecule has 2 aliphatic rings. The van der Waals surface area contributed by atoms with Gasteiger partial charge in [-0.3, -0.25) is 14.6 Å². The fourth-order valence-electron chi connectivity index (χ4n) is 3.01. The Bertz CT molecular complexity index is 473. The zero-order valence-corrected chi connectivity index (χ0v) is 12.2. The molecule has 0 spiro atoms. The molecule has 108 valence electrons. The van der Waals surface area contributed by atoms with Crippen LogP contribution in [0.2, 0.25) is 0 Å². The highest BCUT2D eigenvalue weighted by molar-refractivity contribution is 7.10. The van der Waals surface area contributed by atoms with Crippen LogP contribution in [-0.2, 0) is 4.79 Å². The quantitative estimate of drug-likeness (QED) is 0.843. The van der Waals surface area contributed by atoms with Gasteiger partial charge in [0.1, 0.15) is 0 Å². The third-order valence-electron chi connectivity index (χ3n) is 4.00. The van der Waals surface area contributed by atoms with E-state index in [1.807, 2.05) is 11.3 Å². The summed E-state index contributed by atoms with van der Waals surface area (Å²) in [5.41, 5.74) is 0. The highest BCUT2D eigenvalue weighted by Gasteiger charge is 2.29. The van der Waals surface area contributed by atoms with Gasteiger partial charge in [0, 0.05) is 24.0 Å². The van der Waals surface area contributed by atoms with Gasteiger partial charge in [-0.2, -0.15) is 0 Å². The van der Waals surface area contributed by atoms with Crippen molar-refractivity contribution in [2.45, 2.75) is 25.3 Å². The van der Waals surface area contributed by atoms with E-state index in [0.717, 1.165) is 19.5 Å². The van der Waals surface area contributed by atoms with Crippen molar-refractivity contribution in [2.75, 3.05) is 26.2 Å². The number of urea groups is 1. The molecule has 0 saturated carbocycles. The zero-order valence-electron chi connectivity index (χ0n) is 11.4. The predicted molar refractivity (Wildman–Crippen MR) is 77.6 cm³/mol. The topological polar surface area (TPSA) is 52.7 Å². The summed E-state index contributed by atoms with van der Waals surface area (Å²) >= 11 is 1.81. The Morgan fingerprint density at radius 3 is 2.95 bits per heavy atom. The van der Waals surface area contributed by atoms with Gasteiger partial charge >= 0.3 is 6.03 Å². The fraction of sp³-hybridized carbons (Fsp3) is 0.571. The molecule has 2 fully saturated rings. The van der Waals surface area contributed by atoms with Gasteiger partial charge < -0.3 is 5.32 Å². The van der Waals surface area contributed by atoms with Gasteiger partial charge in [0.25, 0.3) is 0 Å². The Hall–Kier alpha value is -1.40. The summed E-state index contributed by atoms with van der Waals surface area (Å²) in [7, 11) is 0. The monoisotopic (exact) mass is 293 g/mol. The van der Waals surface area contributed by atoms with Gasteiger partial charge in [0.15, 0.2) is 0 Å². The number of rotatable bonds is 5. The maximum absolute atomic E-state index is 11.5. The minimum Gasteiger partial charge on any atom is -0.329 e. The molecule has 0 unspecified atom stereocenters. The molecule has 0 aromatic carbocycles. The van der Waals surface area contributed by atoms with Crippen LogP contribution in [0.5, 0.6) is 0 Å². The standard InChI is InChI=1S/C14H19N3O2S/c18-13-10-15-14(19)17(13)8-3-7-16-6-1-4-11(16)12-5-2-9-20-12/h2,5,9,11H,1,3-4,6-8,10H2,(H,15,19)/t11-/m1/s1. The number of nitrogens with one attached hydrogen (secondary N) is 1. The molecule has 2 aliphatic heterocycles. The molecule has 1 aromatic heterocycles. The minimum absolute atomic E-state index is 0.105. The summed E-state index contributed by atoms with van der Waals surface area (Å²) in [5, 5.41) is 4.68. The largest absolute Gasteiger partial charge is 0.329 e. The van der Waals surface area contributed by atoms with Gasteiger partial charge in [0.05, 0.1) is 6.54 Å². The van der Waals surface area contributed by atoms with E-state index in [-0.39, 0.29) is 18.5 Å². The number of carbonyl (C=O) groups excluding carboxylic acids is 2. The van der Waals surface area contributed by atoms with E-state index in [9.17, 15) is 9.59 Å². The lowest BCUT2D eigenvalue weighted by Gasteiger charge is -2.24. The smallest absolute Gasteiger partial charge is 0.324 e. The molecular formula is C14H19N3O2S. The number of hydrogen-bond acceptors (Lipinski definition) is 4. The van der Waals surface area contributed by atoms with Gasteiger partial charge in [-0.15, -0.1) is 11.3 Å². The van der Waals surface area contributed by atoms with Crippen molar-refractivity contribution < 1.29 is 9.59 Å². The Morgan fingerprint density at radius 1 is 1.35 bits per heavy atom. The van der Waals surface area contributed by atoms with E-state index in [0.29, 0.717) is 12.6 Å². The van der Waals surface area contributed by atoms with Crippen molar-refractivity contribution in [1.29, 1.82) is 0 Å². The van der Waals surface area contributed by atoms with Crippen LogP contribution in [0.3, 0.4) is 0 Å². The Kier molecular flexibility index (Phi) is 4.03. The second-order valence-corrected chi connectivity index (χ2v) is 6.25. The van der Waals surface area contributed by atoms with Crippen LogP contribution in [0.4, 0.5) is 4.79 Å². The first-order valence-corrected chi connectivity index (χ1v) is 7.99. The van der Waals surface area contributed by atoms with Crippen molar-refractivity contribution in [3.05, 3.63) is 22.4 Å². The molecule has 0 aliphatic carbocycles. The third kappa shape index (κ3) is 2.71. The average molecular weight is 293 g/mol. The molecule has 0 bridgehead atoms. The number of carbonyl (C=O) groups is 2. The average Bonchev–Trinajstić information content (AvgIpc) is 3.14. The Labute approximate surface area is 122 Å². The lowest BCUT2D eigenvalue weighted by atomic mass is 10.2. The van der Waals surface area contributed by atoms with Crippen molar-refractivity contribution in [1.82, 2.24) is 15.1 Å². The fourth-order valence-corrected chi connectivity index (χ4v) is 3.91. The molecule has 1 N–H and O–H groups in total. The van der Waals surface area contributed by atoms with E-state index < -0.39 is 0 Å². The lowest BCUT2D eigenvalue weighted by molar-refractivity contribution is -0.125.